The lowest BCUT2D eigenvalue weighted by molar-refractivity contribution is 0.460. The van der Waals surface area contributed by atoms with Crippen LogP contribution in [0.3, 0.4) is 0 Å². The number of nitrogens with one attached hydrogen (secondary N) is 2. The number of H-pyrrole nitrogens is 1. The maximum Gasteiger partial charge on any atom is 0.0931 e. The van der Waals surface area contributed by atoms with Gasteiger partial charge in [0.25, 0.3) is 0 Å². The van der Waals surface area contributed by atoms with E-state index in [9.17, 15) is 0 Å². The van der Waals surface area contributed by atoms with Crippen LogP contribution in [0.2, 0.25) is 0 Å². The predicted octanol–water partition coefficient (Wildman–Crippen LogP) is 2.03. The van der Waals surface area contributed by atoms with E-state index in [-0.39, 0.29) is 0 Å². The number of hydrogen-bond donors (Lipinski definition) is 2. The first kappa shape index (κ1) is 8.92. The van der Waals surface area contributed by atoms with Crippen LogP contribution in [0, 0.1) is 0 Å². The number of fused-ring (bicyclic) bond motifs is 1. The Kier molecular flexibility index (Phi) is 2.18. The molecule has 3 rings (SSSR count). The zero-order valence-corrected chi connectivity index (χ0v) is 8.66. The van der Waals surface area contributed by atoms with Gasteiger partial charge in [-0.1, -0.05) is 6.07 Å². The summed E-state index contributed by atoms with van der Waals surface area (Å²) in [6.07, 6.45) is 4.26. The van der Waals surface area contributed by atoms with Crippen molar-refractivity contribution in [2.24, 2.45) is 0 Å². The van der Waals surface area contributed by atoms with Gasteiger partial charge < -0.3 is 10.3 Å². The highest BCUT2D eigenvalue weighted by Gasteiger charge is 2.15. The molecule has 1 aliphatic heterocycles. The summed E-state index contributed by atoms with van der Waals surface area (Å²) in [7, 11) is 0. The molecular weight excluding hydrogens is 186 g/mol. The number of nitrogens with zero attached hydrogens (tertiary/aromatic N) is 1. The topological polar surface area (TPSA) is 40.7 Å². The van der Waals surface area contributed by atoms with Gasteiger partial charge in [-0.15, -0.1) is 0 Å². The fourth-order valence-electron chi connectivity index (χ4n) is 2.36. The molecule has 0 amide bonds. The van der Waals surface area contributed by atoms with E-state index in [2.05, 4.69) is 33.5 Å². The molecule has 3 nitrogen and oxygen atoms in total. The first-order valence-corrected chi connectivity index (χ1v) is 5.57. The fourth-order valence-corrected chi connectivity index (χ4v) is 2.36. The van der Waals surface area contributed by atoms with Crippen LogP contribution < -0.4 is 5.32 Å². The van der Waals surface area contributed by atoms with Crippen molar-refractivity contribution in [1.82, 2.24) is 15.3 Å². The van der Waals surface area contributed by atoms with Gasteiger partial charge in [0, 0.05) is 0 Å². The SMILES string of the molecule is c1nc2ccc(C3CCNCC3)cc2[nH]1. The van der Waals surface area contributed by atoms with Gasteiger partial charge >= 0.3 is 0 Å². The molecular formula is C12H15N3. The third-order valence-electron chi connectivity index (χ3n) is 3.25. The molecule has 0 bridgehead atoms. The average molecular weight is 201 g/mol. The summed E-state index contributed by atoms with van der Waals surface area (Å²) in [5.41, 5.74) is 3.67. The number of rotatable bonds is 1. The number of aromatic amines is 1. The molecule has 0 unspecified atom stereocenters. The van der Waals surface area contributed by atoms with Crippen molar-refractivity contribution in [1.29, 1.82) is 0 Å². The number of aromatic nitrogens is 2. The Bertz CT molecular complexity index is 455. The molecule has 1 aliphatic rings. The van der Waals surface area contributed by atoms with Gasteiger partial charge in [0.15, 0.2) is 0 Å². The Morgan fingerprint density at radius 2 is 2.07 bits per heavy atom. The van der Waals surface area contributed by atoms with Crippen molar-refractivity contribution in [3.05, 3.63) is 30.1 Å². The molecule has 15 heavy (non-hydrogen) atoms. The minimum Gasteiger partial charge on any atom is -0.345 e. The highest BCUT2D eigenvalue weighted by atomic mass is 14.9. The minimum absolute atomic E-state index is 0.721. The molecule has 0 spiro atoms. The second-order valence-electron chi connectivity index (χ2n) is 4.20. The van der Waals surface area contributed by atoms with Crippen LogP contribution in [0.25, 0.3) is 11.0 Å². The smallest absolute Gasteiger partial charge is 0.0931 e. The summed E-state index contributed by atoms with van der Waals surface area (Å²) in [4.78, 5) is 7.41. The number of imidazole rings is 1. The molecule has 0 saturated carbocycles. The van der Waals surface area contributed by atoms with Gasteiger partial charge in [-0.25, -0.2) is 4.98 Å². The zero-order chi connectivity index (χ0) is 10.1. The highest BCUT2D eigenvalue weighted by Crippen LogP contribution is 2.26. The van der Waals surface area contributed by atoms with Crippen molar-refractivity contribution >= 4 is 11.0 Å². The molecule has 1 saturated heterocycles. The predicted molar refractivity (Wildman–Crippen MR) is 60.9 cm³/mol. The maximum absolute atomic E-state index is 4.24. The normalized spacial score (nSPS) is 18.4. The van der Waals surface area contributed by atoms with Crippen molar-refractivity contribution < 1.29 is 0 Å². The van der Waals surface area contributed by atoms with E-state index >= 15 is 0 Å². The lowest BCUT2D eigenvalue weighted by Gasteiger charge is -2.22. The largest absolute Gasteiger partial charge is 0.345 e. The first-order valence-electron chi connectivity index (χ1n) is 5.57. The van der Waals surface area contributed by atoms with Crippen molar-refractivity contribution in [2.45, 2.75) is 18.8 Å². The van der Waals surface area contributed by atoms with Crippen LogP contribution in [0.15, 0.2) is 24.5 Å². The highest BCUT2D eigenvalue weighted by molar-refractivity contribution is 5.75. The molecule has 78 valence electrons. The molecule has 0 radical (unpaired) electrons. The molecule has 0 aliphatic carbocycles. The van der Waals surface area contributed by atoms with Gasteiger partial charge in [-0.2, -0.15) is 0 Å². The van der Waals surface area contributed by atoms with Crippen LogP contribution in [0.4, 0.5) is 0 Å². The van der Waals surface area contributed by atoms with E-state index in [1.807, 2.05) is 0 Å². The quantitative estimate of drug-likeness (QED) is 0.741. The summed E-state index contributed by atoms with van der Waals surface area (Å²) in [5.74, 6) is 0.721. The fraction of sp³-hybridized carbons (Fsp3) is 0.417. The van der Waals surface area contributed by atoms with Crippen molar-refractivity contribution in [3.8, 4) is 0 Å². The Labute approximate surface area is 88.9 Å². The van der Waals surface area contributed by atoms with Gasteiger partial charge in [0.05, 0.1) is 17.4 Å². The lowest BCUT2D eigenvalue weighted by Crippen LogP contribution is -2.26. The summed E-state index contributed by atoms with van der Waals surface area (Å²) in [6, 6.07) is 6.58. The lowest BCUT2D eigenvalue weighted by atomic mass is 9.90. The summed E-state index contributed by atoms with van der Waals surface area (Å²) >= 11 is 0. The monoisotopic (exact) mass is 201 g/mol. The van der Waals surface area contributed by atoms with Crippen LogP contribution in [-0.2, 0) is 0 Å². The maximum atomic E-state index is 4.24. The van der Waals surface area contributed by atoms with Gasteiger partial charge in [-0.3, -0.25) is 0 Å². The standard InChI is InChI=1S/C12H15N3/c1-2-11-12(15-8-14-11)7-10(1)9-3-5-13-6-4-9/h1-2,7-9,13H,3-6H2,(H,14,15). The number of hydrogen-bond acceptors (Lipinski definition) is 2. The van der Waals surface area contributed by atoms with Crippen molar-refractivity contribution in [2.75, 3.05) is 13.1 Å². The van der Waals surface area contributed by atoms with Crippen LogP contribution >= 0.6 is 0 Å². The summed E-state index contributed by atoms with van der Waals surface area (Å²) < 4.78 is 0. The zero-order valence-electron chi connectivity index (χ0n) is 8.66. The average Bonchev–Trinajstić information content (AvgIpc) is 2.77. The summed E-state index contributed by atoms with van der Waals surface area (Å²) in [6.45, 7) is 2.29. The third-order valence-corrected chi connectivity index (χ3v) is 3.25. The molecule has 2 aromatic rings. The van der Waals surface area contributed by atoms with E-state index < -0.39 is 0 Å². The van der Waals surface area contributed by atoms with Gasteiger partial charge in [0.1, 0.15) is 0 Å². The van der Waals surface area contributed by atoms with Crippen LogP contribution in [0.5, 0.6) is 0 Å². The van der Waals surface area contributed by atoms with E-state index in [0.717, 1.165) is 30.0 Å². The molecule has 1 aromatic carbocycles. The molecule has 1 aromatic heterocycles. The number of piperidine rings is 1. The van der Waals surface area contributed by atoms with Crippen LogP contribution in [-0.4, -0.2) is 23.1 Å². The second kappa shape index (κ2) is 3.66. The van der Waals surface area contributed by atoms with E-state index in [0.29, 0.717) is 0 Å². The first-order chi connectivity index (χ1) is 7.43. The molecule has 3 heteroatoms. The molecule has 2 N–H and O–H groups in total. The Balaban J connectivity index is 1.95. The van der Waals surface area contributed by atoms with Crippen LogP contribution in [0.1, 0.15) is 24.3 Å². The van der Waals surface area contributed by atoms with Gasteiger partial charge in [-0.05, 0) is 49.5 Å². The Morgan fingerprint density at radius 3 is 2.93 bits per heavy atom. The van der Waals surface area contributed by atoms with E-state index in [4.69, 9.17) is 0 Å². The Morgan fingerprint density at radius 1 is 1.20 bits per heavy atom. The molecule has 1 fully saturated rings. The van der Waals surface area contributed by atoms with E-state index in [1.165, 1.54) is 18.4 Å². The Hall–Kier alpha value is -1.35. The third kappa shape index (κ3) is 1.63. The summed E-state index contributed by atoms with van der Waals surface area (Å²) in [5, 5.41) is 3.40. The number of benzene rings is 1. The molecule has 2 heterocycles. The van der Waals surface area contributed by atoms with Gasteiger partial charge in [0.2, 0.25) is 0 Å². The molecule has 0 atom stereocenters. The van der Waals surface area contributed by atoms with Crippen molar-refractivity contribution in [3.63, 3.8) is 0 Å². The minimum atomic E-state index is 0.721. The van der Waals surface area contributed by atoms with E-state index in [1.54, 1.807) is 6.33 Å². The second-order valence-corrected chi connectivity index (χ2v) is 4.20.